The molecule has 0 unspecified atom stereocenters. The molecule has 0 radical (unpaired) electrons. The van der Waals surface area contributed by atoms with Crippen molar-refractivity contribution in [2.45, 2.75) is 19.3 Å². The van der Waals surface area contributed by atoms with E-state index in [1.165, 1.54) is 13.5 Å². The number of hydrogen-bond acceptors (Lipinski definition) is 5. The fraction of sp³-hybridized carbons (Fsp3) is 0.316. The standard InChI is InChI=1S/C19H20ClN3O3/c1-26-19(25)13-5-7-15(20)16(11-13)22-17-8-6-14(12-21-17)18(24)23-9-3-2-4-10-23/h5-8,11-12H,2-4,9-10H2,1H3,(H,21,22). The number of methoxy groups -OCH3 is 1. The summed E-state index contributed by atoms with van der Waals surface area (Å²) in [5.41, 5.74) is 1.49. The number of aromatic nitrogens is 1. The number of ether oxygens (including phenoxy) is 1. The van der Waals surface area contributed by atoms with Crippen LogP contribution in [0.15, 0.2) is 36.5 Å². The summed E-state index contributed by atoms with van der Waals surface area (Å²) in [5.74, 6) is 0.0960. The summed E-state index contributed by atoms with van der Waals surface area (Å²) in [6.45, 7) is 1.60. The summed E-state index contributed by atoms with van der Waals surface area (Å²) in [5, 5.41) is 3.51. The topological polar surface area (TPSA) is 71.5 Å². The number of halogens is 1. The highest BCUT2D eigenvalue weighted by molar-refractivity contribution is 6.33. The van der Waals surface area contributed by atoms with Gasteiger partial charge in [-0.1, -0.05) is 11.6 Å². The largest absolute Gasteiger partial charge is 0.465 e. The number of nitrogens with zero attached hydrogens (tertiary/aromatic N) is 2. The van der Waals surface area contributed by atoms with Gasteiger partial charge >= 0.3 is 5.97 Å². The van der Waals surface area contributed by atoms with Gasteiger partial charge in [-0.3, -0.25) is 4.79 Å². The second-order valence-electron chi connectivity index (χ2n) is 6.10. The van der Waals surface area contributed by atoms with Crippen LogP contribution in [0.2, 0.25) is 5.02 Å². The van der Waals surface area contributed by atoms with Gasteiger partial charge < -0.3 is 15.0 Å². The second-order valence-corrected chi connectivity index (χ2v) is 6.50. The minimum atomic E-state index is -0.444. The maximum absolute atomic E-state index is 12.5. The Morgan fingerprint density at radius 3 is 2.50 bits per heavy atom. The fourth-order valence-corrected chi connectivity index (χ4v) is 3.04. The lowest BCUT2D eigenvalue weighted by molar-refractivity contribution is 0.0600. The highest BCUT2D eigenvalue weighted by Gasteiger charge is 2.18. The van der Waals surface area contributed by atoms with E-state index in [9.17, 15) is 9.59 Å². The molecule has 1 amide bonds. The Labute approximate surface area is 157 Å². The van der Waals surface area contributed by atoms with Gasteiger partial charge in [0.1, 0.15) is 5.82 Å². The summed E-state index contributed by atoms with van der Waals surface area (Å²) >= 11 is 6.17. The Balaban J connectivity index is 1.73. The van der Waals surface area contributed by atoms with Crippen molar-refractivity contribution in [3.63, 3.8) is 0 Å². The van der Waals surface area contributed by atoms with Crippen LogP contribution < -0.4 is 5.32 Å². The van der Waals surface area contributed by atoms with Crippen LogP contribution in [-0.4, -0.2) is 42.0 Å². The molecular formula is C19H20ClN3O3. The van der Waals surface area contributed by atoms with E-state index >= 15 is 0 Å². The molecule has 1 N–H and O–H groups in total. The molecule has 1 saturated heterocycles. The first-order valence-electron chi connectivity index (χ1n) is 8.48. The number of amides is 1. The van der Waals surface area contributed by atoms with E-state index in [0.29, 0.717) is 27.7 Å². The summed E-state index contributed by atoms with van der Waals surface area (Å²) in [6, 6.07) is 8.27. The van der Waals surface area contributed by atoms with Gasteiger partial charge in [0.2, 0.25) is 0 Å². The number of piperidine rings is 1. The monoisotopic (exact) mass is 373 g/mol. The van der Waals surface area contributed by atoms with E-state index in [-0.39, 0.29) is 5.91 Å². The predicted molar refractivity (Wildman–Crippen MR) is 100 cm³/mol. The number of benzene rings is 1. The molecular weight excluding hydrogens is 354 g/mol. The Morgan fingerprint density at radius 2 is 1.85 bits per heavy atom. The fourth-order valence-electron chi connectivity index (χ4n) is 2.88. The van der Waals surface area contributed by atoms with E-state index in [4.69, 9.17) is 16.3 Å². The zero-order valence-electron chi connectivity index (χ0n) is 14.5. The maximum Gasteiger partial charge on any atom is 0.337 e. The average Bonchev–Trinajstić information content (AvgIpc) is 2.69. The van der Waals surface area contributed by atoms with Gasteiger partial charge in [-0.15, -0.1) is 0 Å². The molecule has 0 saturated carbocycles. The van der Waals surface area contributed by atoms with Crippen molar-refractivity contribution in [1.82, 2.24) is 9.88 Å². The van der Waals surface area contributed by atoms with Gasteiger partial charge in [0.05, 0.1) is 28.9 Å². The molecule has 26 heavy (non-hydrogen) atoms. The highest BCUT2D eigenvalue weighted by atomic mass is 35.5. The summed E-state index contributed by atoms with van der Waals surface area (Å²) < 4.78 is 4.71. The first-order chi connectivity index (χ1) is 12.6. The van der Waals surface area contributed by atoms with Crippen LogP contribution in [-0.2, 0) is 4.74 Å². The molecule has 7 heteroatoms. The van der Waals surface area contributed by atoms with Crippen LogP contribution in [0.1, 0.15) is 40.0 Å². The number of carbonyl (C=O) groups is 2. The van der Waals surface area contributed by atoms with Crippen molar-refractivity contribution >= 4 is 35.0 Å². The molecule has 0 aliphatic carbocycles. The van der Waals surface area contributed by atoms with Crippen molar-refractivity contribution in [3.05, 3.63) is 52.7 Å². The highest BCUT2D eigenvalue weighted by Crippen LogP contribution is 2.26. The number of carbonyl (C=O) groups excluding carboxylic acids is 2. The Morgan fingerprint density at radius 1 is 1.12 bits per heavy atom. The van der Waals surface area contributed by atoms with Crippen LogP contribution in [0, 0.1) is 0 Å². The summed E-state index contributed by atoms with van der Waals surface area (Å²) in [4.78, 5) is 30.3. The normalized spacial score (nSPS) is 14.0. The average molecular weight is 374 g/mol. The summed E-state index contributed by atoms with van der Waals surface area (Å²) in [7, 11) is 1.32. The van der Waals surface area contributed by atoms with Gasteiger partial charge in [0.25, 0.3) is 5.91 Å². The molecule has 6 nitrogen and oxygen atoms in total. The lowest BCUT2D eigenvalue weighted by atomic mass is 10.1. The van der Waals surface area contributed by atoms with Gasteiger partial charge in [-0.25, -0.2) is 9.78 Å². The van der Waals surface area contributed by atoms with E-state index < -0.39 is 5.97 Å². The van der Waals surface area contributed by atoms with Crippen molar-refractivity contribution in [2.75, 3.05) is 25.5 Å². The van der Waals surface area contributed by atoms with Gasteiger partial charge in [-0.05, 0) is 49.6 Å². The molecule has 1 aromatic carbocycles. The maximum atomic E-state index is 12.5. The van der Waals surface area contributed by atoms with E-state index in [1.807, 2.05) is 4.90 Å². The molecule has 0 bridgehead atoms. The third kappa shape index (κ3) is 4.14. The molecule has 1 aromatic heterocycles. The van der Waals surface area contributed by atoms with Crippen molar-refractivity contribution < 1.29 is 14.3 Å². The second kappa shape index (κ2) is 8.19. The molecule has 0 atom stereocenters. The molecule has 1 fully saturated rings. The zero-order chi connectivity index (χ0) is 18.5. The van der Waals surface area contributed by atoms with Gasteiger partial charge in [0.15, 0.2) is 0 Å². The first-order valence-corrected chi connectivity index (χ1v) is 8.86. The molecule has 1 aliphatic heterocycles. The molecule has 1 aliphatic rings. The lowest BCUT2D eigenvalue weighted by Gasteiger charge is -2.26. The first kappa shape index (κ1) is 18.2. The Kier molecular flexibility index (Phi) is 5.73. The smallest absolute Gasteiger partial charge is 0.337 e. The van der Waals surface area contributed by atoms with Gasteiger partial charge in [0, 0.05) is 19.3 Å². The number of esters is 1. The van der Waals surface area contributed by atoms with E-state index in [1.54, 1.807) is 36.5 Å². The Hall–Kier alpha value is -2.60. The van der Waals surface area contributed by atoms with Crippen molar-refractivity contribution in [1.29, 1.82) is 0 Å². The number of rotatable bonds is 4. The van der Waals surface area contributed by atoms with E-state index in [0.717, 1.165) is 25.9 Å². The molecule has 0 spiro atoms. The third-order valence-corrected chi connectivity index (χ3v) is 4.63. The van der Waals surface area contributed by atoms with Crippen LogP contribution >= 0.6 is 11.6 Å². The molecule has 3 rings (SSSR count). The SMILES string of the molecule is COC(=O)c1ccc(Cl)c(Nc2ccc(C(=O)N3CCCCC3)cn2)c1. The van der Waals surface area contributed by atoms with Crippen LogP contribution in [0.5, 0.6) is 0 Å². The van der Waals surface area contributed by atoms with Crippen molar-refractivity contribution in [2.24, 2.45) is 0 Å². The van der Waals surface area contributed by atoms with Crippen LogP contribution in [0.4, 0.5) is 11.5 Å². The molecule has 2 aromatic rings. The zero-order valence-corrected chi connectivity index (χ0v) is 15.3. The summed E-state index contributed by atoms with van der Waals surface area (Å²) in [6.07, 6.45) is 4.83. The number of anilines is 2. The quantitative estimate of drug-likeness (QED) is 0.823. The van der Waals surface area contributed by atoms with Crippen molar-refractivity contribution in [3.8, 4) is 0 Å². The minimum absolute atomic E-state index is 0.00877. The third-order valence-electron chi connectivity index (χ3n) is 4.30. The molecule has 136 valence electrons. The van der Waals surface area contributed by atoms with Gasteiger partial charge in [-0.2, -0.15) is 0 Å². The Bertz CT molecular complexity index is 802. The number of likely N-dealkylation sites (tertiary alicyclic amines) is 1. The number of hydrogen-bond donors (Lipinski definition) is 1. The predicted octanol–water partition coefficient (Wildman–Crippen LogP) is 3.89. The van der Waals surface area contributed by atoms with E-state index in [2.05, 4.69) is 10.3 Å². The lowest BCUT2D eigenvalue weighted by Crippen LogP contribution is -2.35. The number of pyridine rings is 1. The minimum Gasteiger partial charge on any atom is -0.465 e. The van der Waals surface area contributed by atoms with Crippen LogP contribution in [0.25, 0.3) is 0 Å². The molecule has 2 heterocycles. The number of nitrogens with one attached hydrogen (secondary N) is 1. The van der Waals surface area contributed by atoms with Crippen LogP contribution in [0.3, 0.4) is 0 Å².